The van der Waals surface area contributed by atoms with Crippen LogP contribution in [0.4, 0.5) is 5.69 Å². The average Bonchev–Trinajstić information content (AvgIpc) is 2.58. The fourth-order valence-electron chi connectivity index (χ4n) is 2.30. The van der Waals surface area contributed by atoms with E-state index < -0.39 is 5.97 Å². The third-order valence-electron chi connectivity index (χ3n) is 3.61. The minimum Gasteiger partial charge on any atom is -0.476 e. The van der Waals surface area contributed by atoms with E-state index in [0.29, 0.717) is 12.5 Å². The fraction of sp³-hybridized carbons (Fsp3) is 0.500. The predicted octanol–water partition coefficient (Wildman–Crippen LogP) is 4.63. The lowest BCUT2D eigenvalue weighted by atomic mass is 10.0. The highest BCUT2D eigenvalue weighted by molar-refractivity contribution is 5.98. The first-order valence-electron chi connectivity index (χ1n) is 8.84. The zero-order valence-electron chi connectivity index (χ0n) is 16.0. The van der Waals surface area contributed by atoms with Crippen molar-refractivity contribution in [2.45, 2.75) is 46.5 Å². The molecule has 0 unspecified atom stereocenters. The molecule has 0 saturated heterocycles. The molecule has 1 rings (SSSR count). The number of benzene rings is 1. The lowest BCUT2D eigenvalue weighted by Gasteiger charge is -2.13. The van der Waals surface area contributed by atoms with Crippen molar-refractivity contribution in [3.8, 4) is 0 Å². The Morgan fingerprint density at radius 2 is 1.84 bits per heavy atom. The number of hydrogen-bond donors (Lipinski definition) is 0. The number of anilines is 1. The molecule has 0 radical (unpaired) electrons. The first-order chi connectivity index (χ1) is 12.0. The van der Waals surface area contributed by atoms with Gasteiger partial charge >= 0.3 is 5.97 Å². The van der Waals surface area contributed by atoms with Crippen LogP contribution in [0.2, 0.25) is 0 Å². The number of ether oxygens (including phenoxy) is 1. The second-order valence-electron chi connectivity index (χ2n) is 6.02. The molecule has 1 aromatic rings. The van der Waals surface area contributed by atoms with Gasteiger partial charge in [-0.05, 0) is 48.7 Å². The quantitative estimate of drug-likeness (QED) is 0.215. The molecule has 0 spiro atoms. The van der Waals surface area contributed by atoms with E-state index >= 15 is 0 Å². The zero-order chi connectivity index (χ0) is 18.7. The molecule has 0 fully saturated rings. The van der Waals surface area contributed by atoms with Gasteiger partial charge in [-0.3, -0.25) is 0 Å². The molecule has 0 N–H and O–H groups in total. The topological polar surface area (TPSA) is 51.1 Å². The highest BCUT2D eigenvalue weighted by atomic mass is 16.7. The lowest BCUT2D eigenvalue weighted by molar-refractivity contribution is -0.141. The average molecular weight is 346 g/mol. The Morgan fingerprint density at radius 1 is 1.16 bits per heavy atom. The molecule has 1 aromatic carbocycles. The molecule has 0 aliphatic rings. The van der Waals surface area contributed by atoms with Crippen molar-refractivity contribution in [2.75, 3.05) is 25.6 Å². The van der Waals surface area contributed by atoms with E-state index in [4.69, 9.17) is 9.57 Å². The van der Waals surface area contributed by atoms with Crippen LogP contribution in [0.3, 0.4) is 0 Å². The minimum absolute atomic E-state index is 0.380. The monoisotopic (exact) mass is 346 g/mol. The summed E-state index contributed by atoms with van der Waals surface area (Å²) < 4.78 is 5.62. The van der Waals surface area contributed by atoms with Crippen LogP contribution in [0, 0.1) is 0 Å². The van der Waals surface area contributed by atoms with Gasteiger partial charge in [0.25, 0.3) is 5.90 Å². The molecule has 0 aromatic heterocycles. The number of hydrogen-bond acceptors (Lipinski definition) is 5. The summed E-state index contributed by atoms with van der Waals surface area (Å²) in [6.07, 6.45) is 6.17. The van der Waals surface area contributed by atoms with Crippen LogP contribution in [-0.2, 0) is 14.4 Å². The van der Waals surface area contributed by atoms with E-state index in [2.05, 4.69) is 41.2 Å². The van der Waals surface area contributed by atoms with Gasteiger partial charge in [-0.15, -0.1) is 0 Å². The van der Waals surface area contributed by atoms with Gasteiger partial charge in [0, 0.05) is 32.3 Å². The summed E-state index contributed by atoms with van der Waals surface area (Å²) >= 11 is 0. The molecule has 25 heavy (non-hydrogen) atoms. The second-order valence-corrected chi connectivity index (χ2v) is 6.02. The van der Waals surface area contributed by atoms with Crippen molar-refractivity contribution in [1.29, 1.82) is 0 Å². The molecule has 0 bridgehead atoms. The Labute approximate surface area is 151 Å². The highest BCUT2D eigenvalue weighted by Crippen LogP contribution is 2.19. The number of carbonyl (C=O) groups is 1. The maximum Gasteiger partial charge on any atom is 0.332 e. The van der Waals surface area contributed by atoms with Gasteiger partial charge in [-0.1, -0.05) is 31.9 Å². The van der Waals surface area contributed by atoms with Gasteiger partial charge in [-0.2, -0.15) is 0 Å². The van der Waals surface area contributed by atoms with Crippen LogP contribution in [-0.4, -0.2) is 32.6 Å². The summed E-state index contributed by atoms with van der Waals surface area (Å²) in [5.41, 5.74) is 3.14. The Kier molecular flexibility index (Phi) is 9.37. The van der Waals surface area contributed by atoms with Crippen LogP contribution >= 0.6 is 0 Å². The summed E-state index contributed by atoms with van der Waals surface area (Å²) in [6, 6.07) is 8.26. The molecule has 0 aliphatic heterocycles. The van der Waals surface area contributed by atoms with E-state index in [9.17, 15) is 4.79 Å². The van der Waals surface area contributed by atoms with Crippen molar-refractivity contribution in [3.63, 3.8) is 0 Å². The summed E-state index contributed by atoms with van der Waals surface area (Å²) in [4.78, 5) is 18.0. The zero-order valence-corrected chi connectivity index (χ0v) is 16.0. The predicted molar refractivity (Wildman–Crippen MR) is 104 cm³/mol. The van der Waals surface area contributed by atoms with E-state index in [-0.39, 0.29) is 0 Å². The van der Waals surface area contributed by atoms with E-state index in [1.54, 1.807) is 0 Å². The molecule has 5 heteroatoms. The number of rotatable bonds is 9. The van der Waals surface area contributed by atoms with Crippen LogP contribution in [0.1, 0.15) is 52.0 Å². The Balaban J connectivity index is 3.10. The van der Waals surface area contributed by atoms with E-state index in [1.165, 1.54) is 6.92 Å². The lowest BCUT2D eigenvalue weighted by Crippen LogP contribution is -2.11. The number of oxime groups is 1. The molecular weight excluding hydrogens is 316 g/mol. The molecular formula is C20H30N2O3. The largest absolute Gasteiger partial charge is 0.476 e. The first-order valence-corrected chi connectivity index (χ1v) is 8.84. The first kappa shape index (κ1) is 20.7. The Hall–Kier alpha value is -2.30. The van der Waals surface area contributed by atoms with Gasteiger partial charge in [0.1, 0.15) is 0 Å². The maximum absolute atomic E-state index is 11.1. The van der Waals surface area contributed by atoms with Crippen LogP contribution in [0.15, 0.2) is 35.0 Å². The van der Waals surface area contributed by atoms with Gasteiger partial charge < -0.3 is 14.5 Å². The minimum atomic E-state index is -0.458. The highest BCUT2D eigenvalue weighted by Gasteiger charge is 2.11. The molecule has 5 nitrogen and oxygen atoms in total. The molecule has 0 heterocycles. The van der Waals surface area contributed by atoms with Crippen LogP contribution < -0.4 is 4.90 Å². The van der Waals surface area contributed by atoms with Gasteiger partial charge in [0.2, 0.25) is 0 Å². The molecule has 0 amide bonds. The summed E-state index contributed by atoms with van der Waals surface area (Å²) in [5, 5.41) is 3.90. The summed E-state index contributed by atoms with van der Waals surface area (Å²) in [7, 11) is 4.03. The molecule has 0 saturated carbocycles. The van der Waals surface area contributed by atoms with Crippen molar-refractivity contribution in [2.24, 2.45) is 5.16 Å². The summed E-state index contributed by atoms with van der Waals surface area (Å²) in [6.45, 7) is 5.84. The van der Waals surface area contributed by atoms with Crippen molar-refractivity contribution in [1.82, 2.24) is 0 Å². The SMILES string of the molecule is CCCCCC(=Cc1ccc(N(C)C)cc1)C(=NOC(C)=O)OCC. The van der Waals surface area contributed by atoms with E-state index in [1.807, 2.05) is 27.1 Å². The third kappa shape index (κ3) is 7.88. The van der Waals surface area contributed by atoms with Gasteiger partial charge in [0.15, 0.2) is 0 Å². The molecule has 0 aliphatic carbocycles. The van der Waals surface area contributed by atoms with Crippen molar-refractivity contribution < 1.29 is 14.4 Å². The van der Waals surface area contributed by atoms with E-state index in [0.717, 1.165) is 42.5 Å². The second kappa shape index (κ2) is 11.3. The van der Waals surface area contributed by atoms with Crippen molar-refractivity contribution >= 4 is 23.6 Å². The van der Waals surface area contributed by atoms with Crippen LogP contribution in [0.5, 0.6) is 0 Å². The summed E-state index contributed by atoms with van der Waals surface area (Å²) in [5.74, 6) is -0.0778. The maximum atomic E-state index is 11.1. The third-order valence-corrected chi connectivity index (χ3v) is 3.61. The normalized spacial score (nSPS) is 12.0. The van der Waals surface area contributed by atoms with Gasteiger partial charge in [0.05, 0.1) is 6.61 Å². The standard InChI is InChI=1S/C20H30N2O3/c1-6-8-9-10-18(20(24-7-2)21-25-16(3)23)15-17-11-13-19(14-12-17)22(4)5/h11-15H,6-10H2,1-5H3. The number of carbonyl (C=O) groups excluding carboxylic acids is 1. The molecule has 138 valence electrons. The van der Waals surface area contributed by atoms with Crippen LogP contribution in [0.25, 0.3) is 6.08 Å². The Morgan fingerprint density at radius 3 is 2.36 bits per heavy atom. The van der Waals surface area contributed by atoms with Gasteiger partial charge in [-0.25, -0.2) is 4.79 Å². The van der Waals surface area contributed by atoms with Crippen molar-refractivity contribution in [3.05, 3.63) is 35.4 Å². The number of unbranched alkanes of at least 4 members (excludes halogenated alkanes) is 2. The Bertz CT molecular complexity index is 589. The fourth-order valence-corrected chi connectivity index (χ4v) is 2.30. The number of nitrogens with zero attached hydrogens (tertiary/aromatic N) is 2. The molecule has 0 atom stereocenters. The smallest absolute Gasteiger partial charge is 0.332 e.